The summed E-state index contributed by atoms with van der Waals surface area (Å²) in [6.45, 7) is 3.61. The van der Waals surface area contributed by atoms with E-state index in [1.165, 1.54) is 0 Å². The average molecular weight is 366 g/mol. The molecule has 0 saturated heterocycles. The highest BCUT2D eigenvalue weighted by Gasteiger charge is 2.24. The quantitative estimate of drug-likeness (QED) is 0.723. The van der Waals surface area contributed by atoms with Gasteiger partial charge in [0.05, 0.1) is 0 Å². The van der Waals surface area contributed by atoms with E-state index in [0.29, 0.717) is 19.7 Å². The normalized spacial score (nSPS) is 16.0. The zero-order valence-corrected chi connectivity index (χ0v) is 15.4. The van der Waals surface area contributed by atoms with Crippen LogP contribution in [0.15, 0.2) is 42.5 Å². The number of H-pyrrole nitrogens is 1. The number of nitrogens with one attached hydrogen (secondary N) is 1. The van der Waals surface area contributed by atoms with Crippen molar-refractivity contribution in [2.45, 2.75) is 19.6 Å². The first-order valence-corrected chi connectivity index (χ1v) is 8.93. The molecular weight excluding hydrogens is 344 g/mol. The molecule has 3 aromatic rings. The van der Waals surface area contributed by atoms with Crippen LogP contribution in [0.5, 0.6) is 11.5 Å². The Morgan fingerprint density at radius 2 is 2.04 bits per heavy atom. The van der Waals surface area contributed by atoms with E-state index in [1.807, 2.05) is 56.4 Å². The summed E-state index contributed by atoms with van der Waals surface area (Å²) in [5.41, 5.74) is 2.98. The minimum atomic E-state index is -0.946. The van der Waals surface area contributed by atoms with E-state index in [1.54, 1.807) is 0 Å². The van der Waals surface area contributed by atoms with Crippen LogP contribution in [-0.2, 0) is 6.54 Å². The summed E-state index contributed by atoms with van der Waals surface area (Å²) >= 11 is 0. The number of ether oxygens (including phenoxy) is 2. The van der Waals surface area contributed by atoms with Gasteiger partial charge in [0.1, 0.15) is 18.4 Å². The van der Waals surface area contributed by atoms with Crippen molar-refractivity contribution >= 4 is 16.9 Å². The predicted molar refractivity (Wildman–Crippen MR) is 103 cm³/mol. The van der Waals surface area contributed by atoms with Crippen LogP contribution in [-0.4, -0.2) is 47.3 Å². The molecule has 27 heavy (non-hydrogen) atoms. The van der Waals surface area contributed by atoms with Crippen LogP contribution in [0.25, 0.3) is 10.9 Å². The minimum absolute atomic E-state index is 0.106. The fourth-order valence-corrected chi connectivity index (χ4v) is 3.54. The summed E-state index contributed by atoms with van der Waals surface area (Å²) in [5.74, 6) is 0.561. The van der Waals surface area contributed by atoms with Gasteiger partial charge in [-0.15, -0.1) is 0 Å². The van der Waals surface area contributed by atoms with Crippen molar-refractivity contribution < 1.29 is 19.4 Å². The first-order chi connectivity index (χ1) is 13.0. The van der Waals surface area contributed by atoms with E-state index in [0.717, 1.165) is 33.5 Å². The Balaban J connectivity index is 1.53. The van der Waals surface area contributed by atoms with Gasteiger partial charge in [0.15, 0.2) is 11.5 Å². The Bertz CT molecular complexity index is 995. The Morgan fingerprint density at radius 3 is 2.81 bits per heavy atom. The van der Waals surface area contributed by atoms with Gasteiger partial charge in [-0.1, -0.05) is 23.8 Å². The zero-order chi connectivity index (χ0) is 19.0. The molecule has 6 heteroatoms. The molecule has 0 bridgehead atoms. The lowest BCUT2D eigenvalue weighted by Gasteiger charge is -2.29. The summed E-state index contributed by atoms with van der Waals surface area (Å²) in [7, 11) is 1.96. The van der Waals surface area contributed by atoms with E-state index < -0.39 is 5.97 Å². The minimum Gasteiger partial charge on any atom is -0.486 e. The number of aromatic amines is 1. The van der Waals surface area contributed by atoms with E-state index >= 15 is 0 Å². The molecule has 0 amide bonds. The van der Waals surface area contributed by atoms with Crippen molar-refractivity contribution in [1.82, 2.24) is 9.88 Å². The van der Waals surface area contributed by atoms with Crippen molar-refractivity contribution in [1.29, 1.82) is 0 Å². The van der Waals surface area contributed by atoms with Gasteiger partial charge in [0.25, 0.3) is 0 Å². The van der Waals surface area contributed by atoms with Gasteiger partial charge in [0, 0.05) is 29.6 Å². The molecule has 0 fully saturated rings. The summed E-state index contributed by atoms with van der Waals surface area (Å²) in [4.78, 5) is 16.8. The zero-order valence-electron chi connectivity index (χ0n) is 15.4. The molecule has 2 N–H and O–H groups in total. The summed E-state index contributed by atoms with van der Waals surface area (Å²) in [6, 6.07) is 13.5. The second-order valence-corrected chi connectivity index (χ2v) is 7.03. The molecule has 2 aromatic carbocycles. The smallest absolute Gasteiger partial charge is 0.352 e. The number of likely N-dealkylation sites (N-methyl/N-ethyl adjacent to an activating group) is 1. The highest BCUT2D eigenvalue weighted by Crippen LogP contribution is 2.31. The number of para-hydroxylation sites is 2. The number of hydrogen-bond donors (Lipinski definition) is 2. The Labute approximate surface area is 157 Å². The fourth-order valence-electron chi connectivity index (χ4n) is 3.54. The van der Waals surface area contributed by atoms with E-state index in [4.69, 9.17) is 9.47 Å². The van der Waals surface area contributed by atoms with Gasteiger partial charge >= 0.3 is 5.97 Å². The Morgan fingerprint density at radius 1 is 1.26 bits per heavy atom. The van der Waals surface area contributed by atoms with E-state index in [9.17, 15) is 9.90 Å². The number of aryl methyl sites for hydroxylation is 1. The number of aromatic carboxylic acids is 1. The van der Waals surface area contributed by atoms with Crippen molar-refractivity contribution in [3.63, 3.8) is 0 Å². The lowest BCUT2D eigenvalue weighted by atomic mass is 10.1. The number of carbonyl (C=O) groups is 1. The number of carboxylic acids is 1. The van der Waals surface area contributed by atoms with Crippen LogP contribution >= 0.6 is 0 Å². The first kappa shape index (κ1) is 17.4. The highest BCUT2D eigenvalue weighted by atomic mass is 16.6. The molecule has 140 valence electrons. The van der Waals surface area contributed by atoms with E-state index in [-0.39, 0.29) is 11.8 Å². The van der Waals surface area contributed by atoms with Gasteiger partial charge in [-0.2, -0.15) is 0 Å². The lowest BCUT2D eigenvalue weighted by Crippen LogP contribution is -2.39. The second kappa shape index (κ2) is 6.96. The molecular formula is C21H22N2O4. The topological polar surface area (TPSA) is 74.8 Å². The van der Waals surface area contributed by atoms with Crippen LogP contribution in [0.4, 0.5) is 0 Å². The van der Waals surface area contributed by atoms with Crippen LogP contribution in [0.1, 0.15) is 21.6 Å². The maximum atomic E-state index is 11.7. The third-order valence-electron chi connectivity index (χ3n) is 4.79. The van der Waals surface area contributed by atoms with Crippen molar-refractivity contribution in [2.75, 3.05) is 20.2 Å². The van der Waals surface area contributed by atoms with Crippen LogP contribution < -0.4 is 9.47 Å². The fraction of sp³-hybridized carbons (Fsp3) is 0.286. The first-order valence-electron chi connectivity index (χ1n) is 8.93. The molecule has 0 spiro atoms. The summed E-state index contributed by atoms with van der Waals surface area (Å²) < 4.78 is 11.8. The average Bonchev–Trinajstić information content (AvgIpc) is 2.99. The van der Waals surface area contributed by atoms with Crippen molar-refractivity contribution in [3.8, 4) is 11.5 Å². The Kier molecular flexibility index (Phi) is 4.49. The maximum Gasteiger partial charge on any atom is 0.352 e. The molecule has 1 atom stereocenters. The SMILES string of the molecule is Cc1ccc2[nH]c(C(=O)O)c(CN(C)CC3COc4ccccc4O3)c2c1. The van der Waals surface area contributed by atoms with Crippen molar-refractivity contribution in [3.05, 3.63) is 59.3 Å². The second-order valence-electron chi connectivity index (χ2n) is 7.03. The molecule has 1 aromatic heterocycles. The lowest BCUT2D eigenvalue weighted by molar-refractivity contribution is 0.0631. The molecule has 0 saturated carbocycles. The molecule has 0 aliphatic carbocycles. The van der Waals surface area contributed by atoms with Gasteiger partial charge in [-0.25, -0.2) is 4.79 Å². The monoisotopic (exact) mass is 366 g/mol. The Hall–Kier alpha value is -2.99. The molecule has 1 aliphatic heterocycles. The van der Waals surface area contributed by atoms with E-state index in [2.05, 4.69) is 9.88 Å². The van der Waals surface area contributed by atoms with Gasteiger partial charge in [-0.05, 0) is 38.2 Å². The third-order valence-corrected chi connectivity index (χ3v) is 4.79. The van der Waals surface area contributed by atoms with Gasteiger partial charge in [-0.3, -0.25) is 4.90 Å². The molecule has 0 radical (unpaired) electrons. The van der Waals surface area contributed by atoms with Crippen LogP contribution in [0.2, 0.25) is 0 Å². The summed E-state index contributed by atoms with van der Waals surface area (Å²) in [6.07, 6.45) is -0.106. The standard InChI is InChI=1S/C21H22N2O4/c1-13-7-8-17-15(9-13)16(20(22-17)21(24)25)11-23(2)10-14-12-26-18-5-3-4-6-19(18)27-14/h3-9,14,22H,10-12H2,1-2H3,(H,24,25). The predicted octanol–water partition coefficient (Wildman–Crippen LogP) is 3.45. The third kappa shape index (κ3) is 3.48. The number of nitrogens with zero attached hydrogens (tertiary/aromatic N) is 1. The number of fused-ring (bicyclic) bond motifs is 2. The van der Waals surface area contributed by atoms with Gasteiger partial charge < -0.3 is 19.6 Å². The number of aromatic nitrogens is 1. The molecule has 6 nitrogen and oxygen atoms in total. The number of rotatable bonds is 5. The molecule has 2 heterocycles. The molecule has 4 rings (SSSR count). The molecule has 1 aliphatic rings. The van der Waals surface area contributed by atoms with Crippen LogP contribution in [0, 0.1) is 6.92 Å². The summed E-state index contributed by atoms with van der Waals surface area (Å²) in [5, 5.41) is 10.5. The van der Waals surface area contributed by atoms with Crippen LogP contribution in [0.3, 0.4) is 0 Å². The number of carboxylic acid groups (broad SMARTS) is 1. The largest absolute Gasteiger partial charge is 0.486 e. The number of hydrogen-bond acceptors (Lipinski definition) is 4. The van der Waals surface area contributed by atoms with Crippen molar-refractivity contribution in [2.24, 2.45) is 0 Å². The van der Waals surface area contributed by atoms with Gasteiger partial charge in [0.2, 0.25) is 0 Å². The number of benzene rings is 2. The highest BCUT2D eigenvalue weighted by molar-refractivity contribution is 5.97. The molecule has 1 unspecified atom stereocenters. The maximum absolute atomic E-state index is 11.7.